The number of ether oxygens (including phenoxy) is 3. The molecular weight excluding hydrogens is 366 g/mol. The van der Waals surface area contributed by atoms with Crippen LogP contribution in [0.15, 0.2) is 59.0 Å². The van der Waals surface area contributed by atoms with Gasteiger partial charge in [-0.2, -0.15) is 0 Å². The van der Waals surface area contributed by atoms with Gasteiger partial charge in [-0.25, -0.2) is 4.98 Å². The highest BCUT2D eigenvalue weighted by atomic mass is 16.5. The zero-order valence-electron chi connectivity index (χ0n) is 17.4. The lowest BCUT2D eigenvalue weighted by atomic mass is 10.1. The van der Waals surface area contributed by atoms with Gasteiger partial charge in [-0.1, -0.05) is 30.3 Å². The predicted octanol–water partition coefficient (Wildman–Crippen LogP) is 5.21. The van der Waals surface area contributed by atoms with E-state index in [1.54, 1.807) is 0 Å². The van der Waals surface area contributed by atoms with E-state index in [2.05, 4.69) is 17.1 Å². The van der Waals surface area contributed by atoms with E-state index in [-0.39, 0.29) is 6.10 Å². The molecule has 5 nitrogen and oxygen atoms in total. The van der Waals surface area contributed by atoms with Gasteiger partial charge < -0.3 is 18.6 Å². The van der Waals surface area contributed by atoms with Gasteiger partial charge in [-0.3, -0.25) is 0 Å². The number of benzene rings is 2. The van der Waals surface area contributed by atoms with E-state index in [1.807, 2.05) is 63.2 Å². The first kappa shape index (κ1) is 21.1. The van der Waals surface area contributed by atoms with Crippen LogP contribution in [0.25, 0.3) is 11.5 Å². The van der Waals surface area contributed by atoms with Crippen LogP contribution in [0.4, 0.5) is 0 Å². The van der Waals surface area contributed by atoms with Gasteiger partial charge in [0.1, 0.15) is 23.8 Å². The van der Waals surface area contributed by atoms with Crippen molar-refractivity contribution < 1.29 is 18.6 Å². The van der Waals surface area contributed by atoms with Gasteiger partial charge >= 0.3 is 0 Å². The van der Waals surface area contributed by atoms with E-state index in [1.165, 1.54) is 5.56 Å². The highest BCUT2D eigenvalue weighted by Crippen LogP contribution is 2.23. The molecular formula is C24H29NO4. The summed E-state index contributed by atoms with van der Waals surface area (Å²) in [5, 5.41) is 0. The molecule has 1 atom stereocenters. The quantitative estimate of drug-likeness (QED) is 0.446. The monoisotopic (exact) mass is 395 g/mol. The lowest BCUT2D eigenvalue weighted by Crippen LogP contribution is -2.22. The average Bonchev–Trinajstić information content (AvgIpc) is 3.13. The number of oxazole rings is 1. The van der Waals surface area contributed by atoms with Crippen LogP contribution >= 0.6 is 0 Å². The molecule has 0 saturated carbocycles. The Bertz CT molecular complexity index is 858. The Labute approximate surface area is 172 Å². The Morgan fingerprint density at radius 1 is 0.966 bits per heavy atom. The second-order valence-corrected chi connectivity index (χ2v) is 6.76. The van der Waals surface area contributed by atoms with Crippen LogP contribution in [0.3, 0.4) is 0 Å². The molecule has 0 spiro atoms. The average molecular weight is 395 g/mol. The molecule has 29 heavy (non-hydrogen) atoms. The molecule has 0 unspecified atom stereocenters. The Balaban J connectivity index is 1.57. The molecule has 0 bridgehead atoms. The second-order valence-electron chi connectivity index (χ2n) is 6.76. The van der Waals surface area contributed by atoms with Gasteiger partial charge in [-0.05, 0) is 50.6 Å². The van der Waals surface area contributed by atoms with Crippen molar-refractivity contribution in [1.29, 1.82) is 0 Å². The van der Waals surface area contributed by atoms with Crippen molar-refractivity contribution in [2.24, 2.45) is 0 Å². The van der Waals surface area contributed by atoms with Gasteiger partial charge in [0, 0.05) is 25.2 Å². The minimum Gasteiger partial charge on any atom is -0.487 e. The number of aromatic nitrogens is 1. The van der Waals surface area contributed by atoms with E-state index in [0.717, 1.165) is 29.2 Å². The summed E-state index contributed by atoms with van der Waals surface area (Å²) in [5.41, 5.74) is 2.96. The van der Waals surface area contributed by atoms with E-state index < -0.39 is 0 Å². The van der Waals surface area contributed by atoms with Crippen molar-refractivity contribution in [2.45, 2.75) is 39.9 Å². The fourth-order valence-electron chi connectivity index (χ4n) is 3.05. The molecule has 0 radical (unpaired) electrons. The van der Waals surface area contributed by atoms with Crippen molar-refractivity contribution in [3.05, 3.63) is 71.6 Å². The van der Waals surface area contributed by atoms with Gasteiger partial charge in [0.15, 0.2) is 0 Å². The van der Waals surface area contributed by atoms with Crippen molar-refractivity contribution in [3.63, 3.8) is 0 Å². The Kier molecular flexibility index (Phi) is 7.85. The number of hydrogen-bond acceptors (Lipinski definition) is 5. The van der Waals surface area contributed by atoms with Crippen molar-refractivity contribution in [3.8, 4) is 17.2 Å². The molecule has 0 saturated heterocycles. The summed E-state index contributed by atoms with van der Waals surface area (Å²) in [5.74, 6) is 2.19. The molecule has 1 heterocycles. The SMILES string of the molecule is CCOC[C@H](Cc1ccc(OCc2nc(-c3ccccc3)oc2C)cc1)OCC. The summed E-state index contributed by atoms with van der Waals surface area (Å²) in [4.78, 5) is 4.58. The van der Waals surface area contributed by atoms with Crippen LogP contribution in [0.1, 0.15) is 30.9 Å². The van der Waals surface area contributed by atoms with Crippen LogP contribution in [-0.4, -0.2) is 30.9 Å². The number of hydrogen-bond donors (Lipinski definition) is 0. The number of rotatable bonds is 11. The predicted molar refractivity (Wildman–Crippen MR) is 113 cm³/mol. The molecule has 0 aliphatic rings. The fraction of sp³-hybridized carbons (Fsp3) is 0.375. The molecule has 0 amide bonds. The standard InChI is InChI=1S/C24H29NO4/c1-4-26-16-22(27-5-2)15-19-11-13-21(14-12-19)28-17-23-18(3)29-24(25-23)20-9-7-6-8-10-20/h6-14,22H,4-5,15-17H2,1-3H3/t22-/m0/s1. The largest absolute Gasteiger partial charge is 0.487 e. The Morgan fingerprint density at radius 2 is 1.72 bits per heavy atom. The highest BCUT2D eigenvalue weighted by molar-refractivity contribution is 5.53. The van der Waals surface area contributed by atoms with E-state index in [4.69, 9.17) is 18.6 Å². The van der Waals surface area contributed by atoms with Gasteiger partial charge in [-0.15, -0.1) is 0 Å². The van der Waals surface area contributed by atoms with Crippen LogP contribution in [0, 0.1) is 6.92 Å². The Morgan fingerprint density at radius 3 is 2.41 bits per heavy atom. The maximum atomic E-state index is 5.92. The summed E-state index contributed by atoms with van der Waals surface area (Å²) < 4.78 is 23.0. The molecule has 2 aromatic carbocycles. The number of nitrogens with zero attached hydrogens (tertiary/aromatic N) is 1. The third-order valence-corrected chi connectivity index (χ3v) is 4.59. The number of aryl methyl sites for hydroxylation is 1. The fourth-order valence-corrected chi connectivity index (χ4v) is 3.05. The smallest absolute Gasteiger partial charge is 0.226 e. The maximum absolute atomic E-state index is 5.92. The zero-order chi connectivity index (χ0) is 20.5. The van der Waals surface area contributed by atoms with Gasteiger partial charge in [0.05, 0.1) is 12.7 Å². The van der Waals surface area contributed by atoms with Crippen LogP contribution in [0.5, 0.6) is 5.75 Å². The molecule has 0 aliphatic heterocycles. The third-order valence-electron chi connectivity index (χ3n) is 4.59. The molecule has 0 N–H and O–H groups in total. The lowest BCUT2D eigenvalue weighted by molar-refractivity contribution is -0.00769. The highest BCUT2D eigenvalue weighted by Gasteiger charge is 2.13. The first-order chi connectivity index (χ1) is 14.2. The first-order valence-electron chi connectivity index (χ1n) is 10.1. The second kappa shape index (κ2) is 10.8. The maximum Gasteiger partial charge on any atom is 0.226 e. The molecule has 0 aliphatic carbocycles. The van der Waals surface area contributed by atoms with Crippen molar-refractivity contribution in [1.82, 2.24) is 4.98 Å². The summed E-state index contributed by atoms with van der Waals surface area (Å²) in [6, 6.07) is 18.0. The molecule has 1 aromatic heterocycles. The topological polar surface area (TPSA) is 53.7 Å². The van der Waals surface area contributed by atoms with Crippen LogP contribution < -0.4 is 4.74 Å². The molecule has 5 heteroatoms. The van der Waals surface area contributed by atoms with Gasteiger partial charge in [0.25, 0.3) is 0 Å². The summed E-state index contributed by atoms with van der Waals surface area (Å²) in [6.07, 6.45) is 0.887. The summed E-state index contributed by atoms with van der Waals surface area (Å²) in [6.45, 7) is 8.27. The minimum absolute atomic E-state index is 0.0703. The molecule has 3 aromatic rings. The summed E-state index contributed by atoms with van der Waals surface area (Å²) >= 11 is 0. The van der Waals surface area contributed by atoms with Crippen LogP contribution in [0.2, 0.25) is 0 Å². The minimum atomic E-state index is 0.0703. The van der Waals surface area contributed by atoms with Crippen molar-refractivity contribution in [2.75, 3.05) is 19.8 Å². The first-order valence-corrected chi connectivity index (χ1v) is 10.1. The molecule has 3 rings (SSSR count). The van der Waals surface area contributed by atoms with Crippen LogP contribution in [-0.2, 0) is 22.5 Å². The van der Waals surface area contributed by atoms with Crippen molar-refractivity contribution >= 4 is 0 Å². The normalized spacial score (nSPS) is 12.1. The van der Waals surface area contributed by atoms with E-state index >= 15 is 0 Å². The Hall–Kier alpha value is -2.63. The molecule has 154 valence electrons. The van der Waals surface area contributed by atoms with E-state index in [0.29, 0.717) is 32.3 Å². The lowest BCUT2D eigenvalue weighted by Gasteiger charge is -2.17. The molecule has 0 fully saturated rings. The summed E-state index contributed by atoms with van der Waals surface area (Å²) in [7, 11) is 0. The third kappa shape index (κ3) is 6.17. The van der Waals surface area contributed by atoms with Gasteiger partial charge in [0.2, 0.25) is 5.89 Å². The van der Waals surface area contributed by atoms with E-state index in [9.17, 15) is 0 Å². The zero-order valence-corrected chi connectivity index (χ0v) is 17.4.